The third kappa shape index (κ3) is 3.82. The van der Waals surface area contributed by atoms with E-state index in [1.165, 1.54) is 0 Å². The van der Waals surface area contributed by atoms with Gasteiger partial charge in [0.2, 0.25) is 0 Å². The molecule has 1 atom stereocenters. The number of nitrogens with one attached hydrogen (secondary N) is 1. The molecular weight excluding hydrogens is 525 g/mol. The lowest BCUT2D eigenvalue weighted by Gasteiger charge is -2.27. The average molecular weight is 543 g/mol. The highest BCUT2D eigenvalue weighted by Crippen LogP contribution is 2.46. The number of aromatic amines is 1. The van der Waals surface area contributed by atoms with E-state index in [-0.39, 0.29) is 11.7 Å². The first-order chi connectivity index (χ1) is 15.8. The van der Waals surface area contributed by atoms with E-state index in [9.17, 15) is 9.90 Å². The van der Waals surface area contributed by atoms with Gasteiger partial charge in [-0.05, 0) is 53.9 Å². The topological polar surface area (TPSA) is 69.2 Å². The van der Waals surface area contributed by atoms with Crippen LogP contribution in [0.15, 0.2) is 65.1 Å². The first kappa shape index (κ1) is 22.0. The number of nitrogens with zero attached hydrogens (tertiary/aromatic N) is 2. The van der Waals surface area contributed by atoms with E-state index >= 15 is 0 Å². The Morgan fingerprint density at radius 2 is 1.88 bits per heavy atom. The second-order valence-electron chi connectivity index (χ2n) is 7.96. The zero-order valence-corrected chi connectivity index (χ0v) is 20.5. The molecule has 3 aromatic carbocycles. The number of hydrogen-bond donors (Lipinski definition) is 2. The molecule has 1 aliphatic heterocycles. The standard InChI is InChI=1S/C25H18BrCl2N3O2/c1-13-9-20(32)17(11-19(13)28)22-21-23(30-29-22)25(33)31(12-15-5-2-3-8-18(15)27)24(21)14-6-4-7-16(26)10-14/h2-11,24,32H,12H2,1H3,(H,29,30). The molecule has 5 nitrogen and oxygen atoms in total. The Morgan fingerprint density at radius 3 is 2.64 bits per heavy atom. The molecule has 0 aliphatic carbocycles. The molecule has 0 saturated carbocycles. The highest BCUT2D eigenvalue weighted by molar-refractivity contribution is 9.10. The van der Waals surface area contributed by atoms with Gasteiger partial charge in [-0.3, -0.25) is 9.89 Å². The zero-order valence-electron chi connectivity index (χ0n) is 17.4. The molecule has 0 fully saturated rings. The van der Waals surface area contributed by atoms with Crippen molar-refractivity contribution in [1.82, 2.24) is 15.1 Å². The predicted molar refractivity (Wildman–Crippen MR) is 133 cm³/mol. The molecule has 166 valence electrons. The SMILES string of the molecule is Cc1cc(O)c(-c2n[nH]c3c2C(c2cccc(Br)c2)N(Cc2ccccc2Cl)C3=O)cc1Cl. The highest BCUT2D eigenvalue weighted by atomic mass is 79.9. The van der Waals surface area contributed by atoms with Gasteiger partial charge >= 0.3 is 0 Å². The molecule has 5 rings (SSSR count). The summed E-state index contributed by atoms with van der Waals surface area (Å²) >= 11 is 16.3. The number of fused-ring (bicyclic) bond motifs is 1. The van der Waals surface area contributed by atoms with Crippen molar-refractivity contribution in [3.63, 3.8) is 0 Å². The minimum Gasteiger partial charge on any atom is -0.507 e. The Hall–Kier alpha value is -2.80. The number of H-pyrrole nitrogens is 1. The van der Waals surface area contributed by atoms with Crippen LogP contribution in [0.25, 0.3) is 11.3 Å². The van der Waals surface area contributed by atoms with Crippen LogP contribution in [-0.4, -0.2) is 26.1 Å². The van der Waals surface area contributed by atoms with E-state index in [0.717, 1.165) is 21.2 Å². The Balaban J connectivity index is 1.70. The van der Waals surface area contributed by atoms with E-state index < -0.39 is 6.04 Å². The molecule has 4 aromatic rings. The van der Waals surface area contributed by atoms with Crippen molar-refractivity contribution in [2.45, 2.75) is 19.5 Å². The van der Waals surface area contributed by atoms with Gasteiger partial charge < -0.3 is 10.0 Å². The van der Waals surface area contributed by atoms with Gasteiger partial charge in [-0.2, -0.15) is 5.10 Å². The third-order valence-corrected chi connectivity index (χ3v) is 7.13. The number of aromatic nitrogens is 2. The fraction of sp³-hybridized carbons (Fsp3) is 0.120. The Labute approximate surface area is 209 Å². The van der Waals surface area contributed by atoms with Gasteiger partial charge in [0.1, 0.15) is 17.1 Å². The Morgan fingerprint density at radius 1 is 1.09 bits per heavy atom. The highest BCUT2D eigenvalue weighted by Gasteiger charge is 2.42. The van der Waals surface area contributed by atoms with E-state index in [2.05, 4.69) is 26.1 Å². The second-order valence-corrected chi connectivity index (χ2v) is 9.69. The molecule has 1 aromatic heterocycles. The largest absolute Gasteiger partial charge is 0.507 e. The maximum absolute atomic E-state index is 13.5. The van der Waals surface area contributed by atoms with E-state index in [1.54, 1.807) is 17.0 Å². The van der Waals surface area contributed by atoms with Gasteiger partial charge in [0.05, 0.1) is 6.04 Å². The van der Waals surface area contributed by atoms with Crippen LogP contribution in [0.5, 0.6) is 5.75 Å². The minimum atomic E-state index is -0.436. The smallest absolute Gasteiger partial charge is 0.273 e. The van der Waals surface area contributed by atoms with Gasteiger partial charge in [0.15, 0.2) is 0 Å². The molecule has 0 bridgehead atoms. The molecule has 1 unspecified atom stereocenters. The number of carbonyl (C=O) groups is 1. The molecule has 1 amide bonds. The number of benzene rings is 3. The molecule has 0 spiro atoms. The van der Waals surface area contributed by atoms with Crippen LogP contribution < -0.4 is 0 Å². The number of aryl methyl sites for hydroxylation is 1. The van der Waals surface area contributed by atoms with Gasteiger partial charge in [-0.1, -0.05) is 69.5 Å². The number of aromatic hydroxyl groups is 1. The maximum Gasteiger partial charge on any atom is 0.273 e. The lowest BCUT2D eigenvalue weighted by Crippen LogP contribution is -2.29. The number of rotatable bonds is 4. The van der Waals surface area contributed by atoms with Crippen molar-refractivity contribution < 1.29 is 9.90 Å². The maximum atomic E-state index is 13.5. The van der Waals surface area contributed by atoms with E-state index in [1.807, 2.05) is 55.5 Å². The van der Waals surface area contributed by atoms with Crippen LogP contribution >= 0.6 is 39.1 Å². The number of carbonyl (C=O) groups excluding carboxylic acids is 1. The summed E-state index contributed by atoms with van der Waals surface area (Å²) in [5, 5.41) is 19.1. The van der Waals surface area contributed by atoms with Crippen molar-refractivity contribution in [2.24, 2.45) is 0 Å². The molecule has 0 radical (unpaired) electrons. The van der Waals surface area contributed by atoms with Crippen molar-refractivity contribution in [2.75, 3.05) is 0 Å². The molecule has 2 heterocycles. The van der Waals surface area contributed by atoms with E-state index in [4.69, 9.17) is 23.2 Å². The molecule has 2 N–H and O–H groups in total. The summed E-state index contributed by atoms with van der Waals surface area (Å²) in [5.41, 5.74) is 4.54. The summed E-state index contributed by atoms with van der Waals surface area (Å²) in [6, 6.07) is 18.1. The second kappa shape index (κ2) is 8.52. The summed E-state index contributed by atoms with van der Waals surface area (Å²) in [6.45, 7) is 2.14. The van der Waals surface area contributed by atoms with Crippen LogP contribution in [0.1, 0.15) is 38.8 Å². The van der Waals surface area contributed by atoms with Gasteiger partial charge in [0.25, 0.3) is 5.91 Å². The van der Waals surface area contributed by atoms with Crippen LogP contribution in [0.4, 0.5) is 0 Å². The lowest BCUT2D eigenvalue weighted by atomic mass is 9.95. The number of phenolic OH excluding ortho intramolecular Hbond substituents is 1. The van der Waals surface area contributed by atoms with E-state index in [0.29, 0.717) is 39.1 Å². The van der Waals surface area contributed by atoms with Crippen molar-refractivity contribution in [3.8, 4) is 17.0 Å². The quantitative estimate of drug-likeness (QED) is 0.294. The summed E-state index contributed by atoms with van der Waals surface area (Å²) in [5.74, 6) is -0.137. The van der Waals surface area contributed by atoms with Crippen LogP contribution in [0, 0.1) is 6.92 Å². The lowest BCUT2D eigenvalue weighted by molar-refractivity contribution is 0.0730. The summed E-state index contributed by atoms with van der Waals surface area (Å²) in [6.07, 6.45) is 0. The zero-order chi connectivity index (χ0) is 23.3. The van der Waals surface area contributed by atoms with Crippen LogP contribution in [0.3, 0.4) is 0 Å². The Kier molecular flexibility index (Phi) is 5.69. The number of phenols is 1. The monoisotopic (exact) mass is 541 g/mol. The van der Waals surface area contributed by atoms with Crippen LogP contribution in [-0.2, 0) is 6.54 Å². The minimum absolute atomic E-state index is 0.0520. The normalized spacial score (nSPS) is 15.2. The summed E-state index contributed by atoms with van der Waals surface area (Å²) < 4.78 is 0.893. The molecule has 0 saturated heterocycles. The van der Waals surface area contributed by atoms with Crippen molar-refractivity contribution >= 4 is 45.0 Å². The predicted octanol–water partition coefficient (Wildman–Crippen LogP) is 6.91. The average Bonchev–Trinajstić information content (AvgIpc) is 3.32. The first-order valence-corrected chi connectivity index (χ1v) is 11.8. The molecule has 8 heteroatoms. The fourth-order valence-electron chi connectivity index (χ4n) is 4.25. The van der Waals surface area contributed by atoms with Gasteiger partial charge in [-0.25, -0.2) is 0 Å². The number of amides is 1. The fourth-order valence-corrected chi connectivity index (χ4v) is 5.03. The number of halogens is 3. The first-order valence-electron chi connectivity index (χ1n) is 10.2. The summed E-state index contributed by atoms with van der Waals surface area (Å²) in [4.78, 5) is 15.3. The van der Waals surface area contributed by atoms with Crippen molar-refractivity contribution in [1.29, 1.82) is 0 Å². The van der Waals surface area contributed by atoms with Gasteiger partial charge in [-0.15, -0.1) is 0 Å². The third-order valence-electron chi connectivity index (χ3n) is 5.86. The summed E-state index contributed by atoms with van der Waals surface area (Å²) in [7, 11) is 0. The molecular formula is C25H18BrCl2N3O2. The Bertz CT molecular complexity index is 1400. The van der Waals surface area contributed by atoms with Crippen molar-refractivity contribution in [3.05, 3.63) is 103 Å². The van der Waals surface area contributed by atoms with Gasteiger partial charge in [0, 0.05) is 32.2 Å². The molecule has 1 aliphatic rings. The van der Waals surface area contributed by atoms with Crippen LogP contribution in [0.2, 0.25) is 10.0 Å². The molecule has 33 heavy (non-hydrogen) atoms. The number of hydrogen-bond acceptors (Lipinski definition) is 3.